The average molecular weight is 615 g/mol. The number of nitriles is 2. The van der Waals surface area contributed by atoms with Crippen LogP contribution in [0.2, 0.25) is 0 Å². The molecule has 8 aromatic rings. The van der Waals surface area contributed by atoms with Crippen molar-refractivity contribution in [1.29, 1.82) is 10.5 Å². The van der Waals surface area contributed by atoms with Crippen molar-refractivity contribution in [2.45, 2.75) is 25.7 Å². The van der Waals surface area contributed by atoms with E-state index in [0.717, 1.165) is 62.6 Å². The maximum atomic E-state index is 10.2. The molecule has 0 aliphatic heterocycles. The first-order chi connectivity index (χ1) is 23.7. The molecule has 1 aliphatic rings. The molecular formula is C44H30N4. The molecule has 0 atom stereocenters. The van der Waals surface area contributed by atoms with E-state index in [1.165, 1.54) is 40.7 Å². The SMILES string of the molecule is N#Cc1ccc(-c2ccccc2-n2c3c(c4ccccc42)CCCC3)cc1-c1ccc(-n2c3ccccc3c3c(C#N)cccc32)cc1. The minimum atomic E-state index is 0.642. The fraction of sp³-hybridized carbons (Fsp3) is 0.0909. The normalized spacial score (nSPS) is 12.6. The fourth-order valence-corrected chi connectivity index (χ4v) is 7.91. The molecule has 0 spiro atoms. The van der Waals surface area contributed by atoms with Gasteiger partial charge in [0.05, 0.1) is 45.5 Å². The second kappa shape index (κ2) is 11.2. The molecule has 4 nitrogen and oxygen atoms in total. The van der Waals surface area contributed by atoms with Crippen molar-refractivity contribution < 1.29 is 0 Å². The van der Waals surface area contributed by atoms with Crippen LogP contribution < -0.4 is 0 Å². The lowest BCUT2D eigenvalue weighted by Gasteiger charge is -2.19. The fourth-order valence-electron chi connectivity index (χ4n) is 7.91. The zero-order valence-electron chi connectivity index (χ0n) is 26.3. The first kappa shape index (κ1) is 27.9. The quantitative estimate of drug-likeness (QED) is 0.198. The third-order valence-corrected chi connectivity index (χ3v) is 10.0. The molecule has 0 amide bonds. The van der Waals surface area contributed by atoms with Gasteiger partial charge >= 0.3 is 0 Å². The van der Waals surface area contributed by atoms with Gasteiger partial charge in [-0.3, -0.25) is 0 Å². The number of fused-ring (bicyclic) bond motifs is 6. The number of benzene rings is 6. The monoisotopic (exact) mass is 614 g/mol. The lowest BCUT2D eigenvalue weighted by atomic mass is 9.93. The van der Waals surface area contributed by atoms with Gasteiger partial charge in [-0.1, -0.05) is 78.9 Å². The first-order valence-electron chi connectivity index (χ1n) is 16.5. The number of aryl methyl sites for hydroxylation is 1. The van der Waals surface area contributed by atoms with Crippen LogP contribution in [0.3, 0.4) is 0 Å². The summed E-state index contributed by atoms with van der Waals surface area (Å²) in [7, 11) is 0. The van der Waals surface area contributed by atoms with E-state index in [2.05, 4.69) is 124 Å². The van der Waals surface area contributed by atoms with Gasteiger partial charge in [0.25, 0.3) is 0 Å². The van der Waals surface area contributed by atoms with Crippen molar-refractivity contribution in [3.05, 3.63) is 156 Å². The molecule has 0 saturated heterocycles. The van der Waals surface area contributed by atoms with Gasteiger partial charge < -0.3 is 9.13 Å². The van der Waals surface area contributed by atoms with E-state index < -0.39 is 0 Å². The van der Waals surface area contributed by atoms with E-state index in [9.17, 15) is 10.5 Å². The molecule has 0 saturated carbocycles. The lowest BCUT2D eigenvalue weighted by molar-refractivity contribution is 0.667. The summed E-state index contributed by atoms with van der Waals surface area (Å²) in [4.78, 5) is 0. The number of aromatic nitrogens is 2. The number of para-hydroxylation sites is 3. The number of hydrogen-bond acceptors (Lipinski definition) is 2. The topological polar surface area (TPSA) is 57.4 Å². The standard InChI is InChI=1S/C44H30N4/c45-27-31-21-20-30(34-11-1-5-15-39(34)48-40-16-6-2-12-35(40)36-13-3-7-17-41(36)48)26-38(31)29-22-24-33(25-23-29)47-42-18-8-4-14-37(42)44-32(28-46)10-9-19-43(44)47/h1-2,4-6,8-12,14-16,18-26H,3,7,13,17H2. The molecule has 0 unspecified atom stereocenters. The molecule has 0 N–H and O–H groups in total. The molecule has 9 rings (SSSR count). The van der Waals surface area contributed by atoms with Crippen LogP contribution >= 0.6 is 0 Å². The maximum absolute atomic E-state index is 10.2. The Hall–Kier alpha value is -6.36. The summed E-state index contributed by atoms with van der Waals surface area (Å²) < 4.78 is 4.70. The molecule has 226 valence electrons. The molecule has 0 radical (unpaired) electrons. The van der Waals surface area contributed by atoms with Crippen molar-refractivity contribution in [3.8, 4) is 45.8 Å². The van der Waals surface area contributed by atoms with Crippen LogP contribution in [0.15, 0.2) is 133 Å². The highest BCUT2D eigenvalue weighted by molar-refractivity contribution is 6.11. The lowest BCUT2D eigenvalue weighted by Crippen LogP contribution is -2.07. The Morgan fingerprint density at radius 3 is 1.98 bits per heavy atom. The van der Waals surface area contributed by atoms with Crippen LogP contribution in [0.4, 0.5) is 0 Å². The maximum Gasteiger partial charge on any atom is 0.0998 e. The second-order valence-electron chi connectivity index (χ2n) is 12.6. The van der Waals surface area contributed by atoms with Crippen molar-refractivity contribution >= 4 is 32.7 Å². The Bertz CT molecular complexity index is 2640. The van der Waals surface area contributed by atoms with Crippen LogP contribution in [-0.2, 0) is 12.8 Å². The third kappa shape index (κ3) is 4.20. The van der Waals surface area contributed by atoms with Crippen LogP contribution in [0.25, 0.3) is 66.3 Å². The largest absolute Gasteiger partial charge is 0.313 e. The zero-order chi connectivity index (χ0) is 32.2. The summed E-state index contributed by atoms with van der Waals surface area (Å²) in [5, 5.41) is 23.5. The summed E-state index contributed by atoms with van der Waals surface area (Å²) in [5.41, 5.74) is 13.8. The summed E-state index contributed by atoms with van der Waals surface area (Å²) >= 11 is 0. The Morgan fingerprint density at radius 1 is 0.500 bits per heavy atom. The van der Waals surface area contributed by atoms with Crippen molar-refractivity contribution in [2.75, 3.05) is 0 Å². The van der Waals surface area contributed by atoms with Gasteiger partial charge in [0.1, 0.15) is 0 Å². The van der Waals surface area contributed by atoms with Crippen LogP contribution in [0, 0.1) is 22.7 Å². The Labute approximate surface area is 279 Å². The molecular weight excluding hydrogens is 585 g/mol. The van der Waals surface area contributed by atoms with E-state index >= 15 is 0 Å². The van der Waals surface area contributed by atoms with Gasteiger partial charge in [-0.15, -0.1) is 0 Å². The van der Waals surface area contributed by atoms with Crippen LogP contribution in [0.5, 0.6) is 0 Å². The predicted molar refractivity (Wildman–Crippen MR) is 195 cm³/mol. The summed E-state index contributed by atoms with van der Waals surface area (Å²) in [6.45, 7) is 0. The second-order valence-corrected chi connectivity index (χ2v) is 12.6. The molecule has 1 aliphatic carbocycles. The van der Waals surface area contributed by atoms with Crippen molar-refractivity contribution in [3.63, 3.8) is 0 Å². The number of nitrogens with zero attached hydrogens (tertiary/aromatic N) is 4. The summed E-state index contributed by atoms with van der Waals surface area (Å²) in [6.07, 6.45) is 4.64. The summed E-state index contributed by atoms with van der Waals surface area (Å²) in [5.74, 6) is 0. The molecule has 48 heavy (non-hydrogen) atoms. The van der Waals surface area contributed by atoms with E-state index in [0.29, 0.717) is 11.1 Å². The highest BCUT2D eigenvalue weighted by Crippen LogP contribution is 2.40. The molecule has 2 aromatic heterocycles. The van der Waals surface area contributed by atoms with Crippen LogP contribution in [0.1, 0.15) is 35.2 Å². The molecule has 4 heteroatoms. The van der Waals surface area contributed by atoms with Gasteiger partial charge in [0.15, 0.2) is 0 Å². The van der Waals surface area contributed by atoms with Gasteiger partial charge in [-0.25, -0.2) is 0 Å². The molecule has 0 fully saturated rings. The Morgan fingerprint density at radius 2 is 1.17 bits per heavy atom. The minimum absolute atomic E-state index is 0.642. The molecule has 0 bridgehead atoms. The van der Waals surface area contributed by atoms with E-state index in [1.54, 1.807) is 0 Å². The van der Waals surface area contributed by atoms with Gasteiger partial charge in [0, 0.05) is 38.7 Å². The third-order valence-electron chi connectivity index (χ3n) is 10.0. The smallest absolute Gasteiger partial charge is 0.0998 e. The van der Waals surface area contributed by atoms with Crippen molar-refractivity contribution in [2.24, 2.45) is 0 Å². The Balaban J connectivity index is 1.18. The van der Waals surface area contributed by atoms with Gasteiger partial charge in [0.2, 0.25) is 0 Å². The number of rotatable bonds is 4. The van der Waals surface area contributed by atoms with Gasteiger partial charge in [-0.2, -0.15) is 10.5 Å². The van der Waals surface area contributed by atoms with E-state index in [-0.39, 0.29) is 0 Å². The first-order valence-corrected chi connectivity index (χ1v) is 16.5. The highest BCUT2D eigenvalue weighted by atomic mass is 15.0. The van der Waals surface area contributed by atoms with E-state index in [4.69, 9.17) is 0 Å². The summed E-state index contributed by atoms with van der Waals surface area (Å²) in [6, 6.07) is 51.0. The van der Waals surface area contributed by atoms with Crippen LogP contribution in [-0.4, -0.2) is 9.13 Å². The average Bonchev–Trinajstić information content (AvgIpc) is 3.68. The van der Waals surface area contributed by atoms with E-state index in [1.807, 2.05) is 30.3 Å². The molecule has 2 heterocycles. The number of hydrogen-bond donors (Lipinski definition) is 0. The molecule has 6 aromatic carbocycles. The highest BCUT2D eigenvalue weighted by Gasteiger charge is 2.22. The minimum Gasteiger partial charge on any atom is -0.313 e. The Kier molecular flexibility index (Phi) is 6.49. The zero-order valence-corrected chi connectivity index (χ0v) is 26.3. The van der Waals surface area contributed by atoms with Crippen molar-refractivity contribution in [1.82, 2.24) is 9.13 Å². The predicted octanol–water partition coefficient (Wildman–Crippen LogP) is 10.7. The van der Waals surface area contributed by atoms with Gasteiger partial charge in [-0.05, 0) is 97.0 Å².